The van der Waals surface area contributed by atoms with E-state index in [2.05, 4.69) is 92.2 Å². The SMILES string of the molecule is Cl.Cl.[BH]=[Ti]([NH]C(C)(C)C)([c]1ccccc1)[CH]1C(C)=Cc2ccccc21. The first-order chi connectivity index (χ1) is 10.8. The van der Waals surface area contributed by atoms with Crippen molar-refractivity contribution in [2.75, 3.05) is 0 Å². The summed E-state index contributed by atoms with van der Waals surface area (Å²) in [5, 5.41) is 0. The van der Waals surface area contributed by atoms with Gasteiger partial charge in [0.1, 0.15) is 0 Å². The average molecular weight is 411 g/mol. The summed E-state index contributed by atoms with van der Waals surface area (Å²) in [6.07, 6.45) is 2.35. The number of hydrogen-bond donors (Lipinski definition) is 1. The third-order valence-electron chi connectivity index (χ3n) is 4.53. The first-order valence-electron chi connectivity index (χ1n) is 8.28. The molecule has 3 rings (SSSR count). The zero-order valence-corrected chi connectivity index (χ0v) is 18.6. The second-order valence-electron chi connectivity index (χ2n) is 7.66. The Morgan fingerprint density at radius 2 is 1.48 bits per heavy atom. The second-order valence-corrected chi connectivity index (χ2v) is 12.9. The summed E-state index contributed by atoms with van der Waals surface area (Å²) in [6.45, 7) is 9.02. The first-order valence-corrected chi connectivity index (χ1v) is 11.9. The van der Waals surface area contributed by atoms with Crippen molar-refractivity contribution < 1.29 is 16.2 Å². The summed E-state index contributed by atoms with van der Waals surface area (Å²) in [4.78, 5) is 0. The van der Waals surface area contributed by atoms with E-state index in [0.717, 1.165) is 0 Å². The van der Waals surface area contributed by atoms with E-state index in [1.165, 1.54) is 20.6 Å². The molecule has 0 fully saturated rings. The number of halogens is 2. The third kappa shape index (κ3) is 4.62. The molecule has 0 spiro atoms. The average Bonchev–Trinajstić information content (AvgIpc) is 2.82. The van der Waals surface area contributed by atoms with Gasteiger partial charge in [-0.05, 0) is 0 Å². The normalized spacial score (nSPS) is 18.2. The van der Waals surface area contributed by atoms with Gasteiger partial charge < -0.3 is 0 Å². The molecule has 2 aromatic carbocycles. The summed E-state index contributed by atoms with van der Waals surface area (Å²) in [5.41, 5.74) is 9.20. The predicted molar refractivity (Wildman–Crippen MR) is 113 cm³/mol. The Balaban J connectivity index is 0.00000156. The quantitative estimate of drug-likeness (QED) is 0.730. The fraction of sp³-hybridized carbons (Fsp3) is 0.300. The van der Waals surface area contributed by atoms with Crippen LogP contribution in [-0.4, -0.2) is 11.1 Å². The van der Waals surface area contributed by atoms with Crippen molar-refractivity contribution in [3.8, 4) is 0 Å². The molecule has 0 heterocycles. The molecule has 2 atom stereocenters. The van der Waals surface area contributed by atoms with E-state index in [1.54, 1.807) is 0 Å². The molecule has 0 amide bonds. The number of nitrogens with one attached hydrogen (secondary N) is 1. The van der Waals surface area contributed by atoms with Crippen molar-refractivity contribution in [3.05, 3.63) is 71.3 Å². The molecule has 2 aromatic rings. The molecule has 2 unspecified atom stereocenters. The number of fused-ring (bicyclic) bond motifs is 1. The fourth-order valence-corrected chi connectivity index (χ4v) is 10.7. The Morgan fingerprint density at radius 3 is 2.08 bits per heavy atom. The molecule has 25 heavy (non-hydrogen) atoms. The maximum absolute atomic E-state index is 4.89. The Morgan fingerprint density at radius 1 is 0.920 bits per heavy atom. The zero-order valence-electron chi connectivity index (χ0n) is 15.4. The van der Waals surface area contributed by atoms with Gasteiger partial charge in [0.15, 0.2) is 0 Å². The van der Waals surface area contributed by atoms with E-state index in [4.69, 9.17) is 5.59 Å². The Hall–Kier alpha value is -0.501. The van der Waals surface area contributed by atoms with Crippen LogP contribution in [0.15, 0.2) is 60.2 Å². The van der Waals surface area contributed by atoms with Gasteiger partial charge >= 0.3 is 144 Å². The Kier molecular flexibility index (Phi) is 7.63. The van der Waals surface area contributed by atoms with Gasteiger partial charge in [0.2, 0.25) is 0 Å². The van der Waals surface area contributed by atoms with Crippen LogP contribution in [0.1, 0.15) is 43.0 Å². The standard InChI is InChI=1S/C10H9.C6H5.C4H10N.BH.2ClH.Ti/c1-8-6-9-4-2-3-5-10(9)7-8;1-2-4-6-5-3-1;1-4(2,3)5;;;;/h2-7H,1H3;1-5H;5H,1-3H3;3*1H;/q;;-1;;;;+1. The van der Waals surface area contributed by atoms with Crippen molar-refractivity contribution in [2.24, 2.45) is 0 Å². The molecule has 5 heteroatoms. The summed E-state index contributed by atoms with van der Waals surface area (Å²) in [7, 11) is 0. The molecule has 0 aromatic heterocycles. The molecule has 1 nitrogen and oxygen atoms in total. The Labute approximate surface area is 168 Å². The third-order valence-corrected chi connectivity index (χ3v) is 11.3. The number of hydrogen-bond acceptors (Lipinski definition) is 1. The minimum absolute atomic E-state index is 0. The minimum atomic E-state index is -2.85. The molecule has 133 valence electrons. The van der Waals surface area contributed by atoms with Crippen LogP contribution >= 0.6 is 24.8 Å². The van der Waals surface area contributed by atoms with Gasteiger partial charge in [0.05, 0.1) is 0 Å². The fourth-order valence-electron chi connectivity index (χ4n) is 3.85. The van der Waals surface area contributed by atoms with E-state index >= 15 is 0 Å². The summed E-state index contributed by atoms with van der Waals surface area (Å²) < 4.78 is 5.84. The van der Waals surface area contributed by atoms with E-state index in [9.17, 15) is 0 Å². The molecule has 0 bridgehead atoms. The van der Waals surface area contributed by atoms with Crippen molar-refractivity contribution in [1.82, 2.24) is 3.80 Å². The first kappa shape index (κ1) is 22.5. The predicted octanol–water partition coefficient (Wildman–Crippen LogP) is 4.59. The van der Waals surface area contributed by atoms with Crippen LogP contribution in [0.3, 0.4) is 0 Å². The van der Waals surface area contributed by atoms with E-state index in [-0.39, 0.29) is 30.4 Å². The van der Waals surface area contributed by atoms with Crippen molar-refractivity contribution in [3.63, 3.8) is 0 Å². The van der Waals surface area contributed by atoms with Crippen LogP contribution in [0.2, 0.25) is 0 Å². The maximum atomic E-state index is 4.89. The van der Waals surface area contributed by atoms with E-state index in [0.29, 0.717) is 4.22 Å². The Bertz CT molecular complexity index is 797. The molecule has 1 N–H and O–H groups in total. The molecule has 1 aliphatic rings. The summed E-state index contributed by atoms with van der Waals surface area (Å²) in [5.74, 6) is 0. The molecule has 0 saturated carbocycles. The van der Waals surface area contributed by atoms with Gasteiger partial charge in [-0.25, -0.2) is 0 Å². The van der Waals surface area contributed by atoms with Crippen LogP contribution < -0.4 is 7.67 Å². The van der Waals surface area contributed by atoms with Gasteiger partial charge in [-0.1, -0.05) is 0 Å². The van der Waals surface area contributed by atoms with Crippen LogP contribution in [0.4, 0.5) is 0 Å². The van der Waals surface area contributed by atoms with Gasteiger partial charge in [0, 0.05) is 0 Å². The van der Waals surface area contributed by atoms with Gasteiger partial charge in [-0.2, -0.15) is 0 Å². The second kappa shape index (κ2) is 8.46. The van der Waals surface area contributed by atoms with Crippen LogP contribution in [0, 0.1) is 0 Å². The van der Waals surface area contributed by atoms with E-state index < -0.39 is 16.2 Å². The number of allylic oxidation sites excluding steroid dienone is 1. The monoisotopic (exact) mass is 410 g/mol. The van der Waals surface area contributed by atoms with Crippen molar-refractivity contribution in [1.29, 1.82) is 0 Å². The molecule has 0 aliphatic heterocycles. The molecule has 0 radical (unpaired) electrons. The zero-order chi connectivity index (χ0) is 16.7. The number of benzene rings is 2. The van der Waals surface area contributed by atoms with Crippen LogP contribution in [0.25, 0.3) is 6.08 Å². The van der Waals surface area contributed by atoms with Gasteiger partial charge in [0.25, 0.3) is 0 Å². The van der Waals surface area contributed by atoms with Crippen molar-refractivity contribution >= 4 is 40.3 Å². The molecular weight excluding hydrogens is 384 g/mol. The van der Waals surface area contributed by atoms with Crippen molar-refractivity contribution in [2.45, 2.75) is 37.5 Å². The number of rotatable bonds is 3. The van der Waals surface area contributed by atoms with E-state index in [1.807, 2.05) is 0 Å². The van der Waals surface area contributed by atoms with Crippen LogP contribution in [0.5, 0.6) is 0 Å². The van der Waals surface area contributed by atoms with Crippen LogP contribution in [-0.2, 0) is 16.2 Å². The van der Waals surface area contributed by atoms with Gasteiger partial charge in [-0.15, -0.1) is 24.8 Å². The molecule has 1 aliphatic carbocycles. The molecular formula is C20H27BCl2NTi. The van der Waals surface area contributed by atoms with Gasteiger partial charge in [-0.3, -0.25) is 0 Å². The topological polar surface area (TPSA) is 12.0 Å². The molecule has 0 saturated heterocycles. The summed E-state index contributed by atoms with van der Waals surface area (Å²) in [6, 6.07) is 19.7. The summed E-state index contributed by atoms with van der Waals surface area (Å²) >= 11 is -2.85.